The van der Waals surface area contributed by atoms with E-state index in [1.807, 2.05) is 97.9 Å². The van der Waals surface area contributed by atoms with Gasteiger partial charge in [-0.2, -0.15) is 0 Å². The predicted molar refractivity (Wildman–Crippen MR) is 205 cm³/mol. The van der Waals surface area contributed by atoms with Crippen LogP contribution in [0.1, 0.15) is 51.9 Å². The highest BCUT2D eigenvalue weighted by Gasteiger charge is 2.21. The van der Waals surface area contributed by atoms with Crippen molar-refractivity contribution in [2.75, 3.05) is 23.7 Å². The number of ether oxygens (including phenoxy) is 2. The lowest BCUT2D eigenvalue weighted by Gasteiger charge is -2.19. The Kier molecular flexibility index (Phi) is 10.1. The minimum Gasteiger partial charge on any atom is -0.428 e. The van der Waals surface area contributed by atoms with Crippen molar-refractivity contribution in [3.8, 4) is 16.9 Å². The van der Waals surface area contributed by atoms with Crippen LogP contribution in [0, 0.1) is 0 Å². The van der Waals surface area contributed by atoms with Crippen LogP contribution in [-0.2, 0) is 27.7 Å². The second-order valence-electron chi connectivity index (χ2n) is 13.8. The fourth-order valence-electron chi connectivity index (χ4n) is 6.16. The third kappa shape index (κ3) is 8.02. The van der Waals surface area contributed by atoms with Crippen molar-refractivity contribution in [2.45, 2.75) is 64.0 Å². The second-order valence-corrected chi connectivity index (χ2v) is 15.5. The normalized spacial score (nSPS) is 11.9. The number of hydrogen-bond donors (Lipinski definition) is 1. The van der Waals surface area contributed by atoms with Gasteiger partial charge in [-0.25, -0.2) is 18.2 Å². The second kappa shape index (κ2) is 14.5. The topological polar surface area (TPSA) is 103 Å². The van der Waals surface area contributed by atoms with E-state index in [1.165, 1.54) is 0 Å². The van der Waals surface area contributed by atoms with E-state index in [0.717, 1.165) is 63.9 Å². The van der Waals surface area contributed by atoms with Crippen LogP contribution in [-0.4, -0.2) is 43.8 Å². The maximum atomic E-state index is 13.9. The van der Waals surface area contributed by atoms with Crippen molar-refractivity contribution in [3.63, 3.8) is 0 Å². The third-order valence-electron chi connectivity index (χ3n) is 8.54. The first-order valence-corrected chi connectivity index (χ1v) is 18.6. The minimum atomic E-state index is -3.92. The van der Waals surface area contributed by atoms with Crippen molar-refractivity contribution in [1.82, 2.24) is 9.55 Å². The van der Waals surface area contributed by atoms with E-state index in [0.29, 0.717) is 23.4 Å². The molecule has 9 nitrogen and oxygen atoms in total. The number of unbranched alkanes of at least 4 members (excludes halogenated alkanes) is 1. The Bertz CT molecular complexity index is 2310. The summed E-state index contributed by atoms with van der Waals surface area (Å²) in [6.45, 7) is 8.07. The van der Waals surface area contributed by atoms with E-state index in [1.54, 1.807) is 45.0 Å². The fourth-order valence-corrected chi connectivity index (χ4v) is 7.44. The van der Waals surface area contributed by atoms with Gasteiger partial charge in [-0.15, -0.1) is 0 Å². The van der Waals surface area contributed by atoms with E-state index in [2.05, 4.69) is 16.2 Å². The SMILES string of the molecule is CCCCc1nc2ccc(NS(=O)(=O)c3cccc4c(N(C)C)cccc34)cc2n1Cc1ccc(-c2ccccc2OC(=O)OC(C)(C)C)cc1. The molecule has 0 saturated carbocycles. The van der Waals surface area contributed by atoms with Gasteiger partial charge >= 0.3 is 6.16 Å². The van der Waals surface area contributed by atoms with Crippen LogP contribution in [0.4, 0.5) is 16.2 Å². The fraction of sp³-hybridized carbons (Fsp3) is 0.268. The van der Waals surface area contributed by atoms with Gasteiger partial charge < -0.3 is 18.9 Å². The summed E-state index contributed by atoms with van der Waals surface area (Å²) in [5, 5.41) is 1.52. The van der Waals surface area contributed by atoms with Gasteiger partial charge in [0.1, 0.15) is 17.2 Å². The molecule has 10 heteroatoms. The van der Waals surface area contributed by atoms with Crippen LogP contribution in [0.3, 0.4) is 0 Å². The molecule has 6 rings (SSSR count). The number of nitrogens with zero attached hydrogens (tertiary/aromatic N) is 3. The van der Waals surface area contributed by atoms with Crippen LogP contribution in [0.25, 0.3) is 32.9 Å². The molecule has 0 spiro atoms. The van der Waals surface area contributed by atoms with E-state index in [9.17, 15) is 13.2 Å². The smallest absolute Gasteiger partial charge is 0.428 e. The molecule has 0 saturated heterocycles. The van der Waals surface area contributed by atoms with Crippen molar-refractivity contribution < 1.29 is 22.7 Å². The molecule has 0 aliphatic heterocycles. The van der Waals surface area contributed by atoms with Crippen LogP contribution in [0.15, 0.2) is 108 Å². The molecule has 1 N–H and O–H groups in total. The number of aromatic nitrogens is 2. The average Bonchev–Trinajstić information content (AvgIpc) is 3.42. The molecule has 6 aromatic rings. The number of para-hydroxylation sites is 1. The molecule has 51 heavy (non-hydrogen) atoms. The number of nitrogens with one attached hydrogen (secondary N) is 1. The van der Waals surface area contributed by atoms with Crippen LogP contribution in [0.2, 0.25) is 0 Å². The molecule has 264 valence electrons. The van der Waals surface area contributed by atoms with Crippen molar-refractivity contribution in [2.24, 2.45) is 0 Å². The Labute approximate surface area is 299 Å². The lowest BCUT2D eigenvalue weighted by molar-refractivity contribution is 0.0207. The van der Waals surface area contributed by atoms with Crippen LogP contribution < -0.4 is 14.4 Å². The lowest BCUT2D eigenvalue weighted by atomic mass is 10.0. The third-order valence-corrected chi connectivity index (χ3v) is 9.98. The predicted octanol–water partition coefficient (Wildman–Crippen LogP) is 9.43. The number of rotatable bonds is 11. The average molecular weight is 705 g/mol. The van der Waals surface area contributed by atoms with Gasteiger partial charge in [-0.3, -0.25) is 4.72 Å². The Morgan fingerprint density at radius 1 is 0.882 bits per heavy atom. The zero-order valence-electron chi connectivity index (χ0n) is 29.9. The Hall–Kier alpha value is -5.35. The molecule has 0 radical (unpaired) electrons. The van der Waals surface area contributed by atoms with Gasteiger partial charge in [0.15, 0.2) is 0 Å². The van der Waals surface area contributed by atoms with Crippen molar-refractivity contribution >= 4 is 49.4 Å². The molecule has 0 bridgehead atoms. The van der Waals surface area contributed by atoms with Crippen LogP contribution in [0.5, 0.6) is 5.75 Å². The van der Waals surface area contributed by atoms with E-state index >= 15 is 0 Å². The monoisotopic (exact) mass is 704 g/mol. The quantitative estimate of drug-likeness (QED) is 0.106. The minimum absolute atomic E-state index is 0.221. The molecule has 0 fully saturated rings. The first-order valence-electron chi connectivity index (χ1n) is 17.1. The first kappa shape index (κ1) is 35.5. The zero-order chi connectivity index (χ0) is 36.3. The van der Waals surface area contributed by atoms with Gasteiger partial charge in [0.2, 0.25) is 0 Å². The van der Waals surface area contributed by atoms with Gasteiger partial charge in [0.05, 0.1) is 21.6 Å². The summed E-state index contributed by atoms with van der Waals surface area (Å²) in [7, 11) is -0.0326. The maximum absolute atomic E-state index is 13.9. The highest BCUT2D eigenvalue weighted by atomic mass is 32.2. The molecule has 0 aliphatic carbocycles. The van der Waals surface area contributed by atoms with E-state index in [-0.39, 0.29) is 4.90 Å². The van der Waals surface area contributed by atoms with Gasteiger partial charge in [0.25, 0.3) is 10.0 Å². The molecule has 1 aromatic heterocycles. The van der Waals surface area contributed by atoms with Gasteiger partial charge in [-0.1, -0.05) is 80.1 Å². The van der Waals surface area contributed by atoms with E-state index < -0.39 is 21.8 Å². The summed E-state index contributed by atoms with van der Waals surface area (Å²) in [5.41, 5.74) is 5.09. The largest absolute Gasteiger partial charge is 0.514 e. The number of imidazole rings is 1. The maximum Gasteiger partial charge on any atom is 0.514 e. The number of hydrogen-bond acceptors (Lipinski definition) is 7. The molecular formula is C41H44N4O5S. The zero-order valence-corrected chi connectivity index (χ0v) is 30.8. The molecule has 0 aliphatic rings. The highest BCUT2D eigenvalue weighted by Crippen LogP contribution is 2.33. The number of benzene rings is 5. The number of sulfonamides is 1. The number of aryl methyl sites for hydroxylation is 1. The van der Waals surface area contributed by atoms with Gasteiger partial charge in [0, 0.05) is 49.1 Å². The Morgan fingerprint density at radius 3 is 2.33 bits per heavy atom. The first-order chi connectivity index (χ1) is 24.3. The summed E-state index contributed by atoms with van der Waals surface area (Å²) in [4.78, 5) is 19.6. The van der Waals surface area contributed by atoms with Crippen LogP contribution >= 0.6 is 0 Å². The molecule has 0 atom stereocenters. The van der Waals surface area contributed by atoms with Crippen molar-refractivity contribution in [3.05, 3.63) is 115 Å². The molecule has 0 amide bonds. The highest BCUT2D eigenvalue weighted by molar-refractivity contribution is 7.93. The summed E-state index contributed by atoms with van der Waals surface area (Å²) in [5.74, 6) is 1.36. The molecule has 1 heterocycles. The molecule has 5 aromatic carbocycles. The summed E-state index contributed by atoms with van der Waals surface area (Å²) in [6.07, 6.45) is 2.04. The lowest BCUT2D eigenvalue weighted by Crippen LogP contribution is -2.26. The number of carbonyl (C=O) groups excluding carboxylic acids is 1. The number of carbonyl (C=O) groups is 1. The standard InChI is InChI=1S/C41H44N4O5S/c1-7-8-19-39-42-34-25-24-30(43-51(47,48)38-18-12-14-32-33(38)15-11-16-35(32)44(5)6)26-36(34)45(39)27-28-20-22-29(23-21-28)31-13-9-10-17-37(31)49-40(46)50-41(2,3)4/h9-18,20-26,43H,7-8,19,27H2,1-6H3. The number of fused-ring (bicyclic) bond motifs is 2. The molecular weight excluding hydrogens is 661 g/mol. The van der Waals surface area contributed by atoms with Gasteiger partial charge in [-0.05, 0) is 74.7 Å². The molecule has 0 unspecified atom stereocenters. The summed E-state index contributed by atoms with van der Waals surface area (Å²) in [6, 6.07) is 32.0. The summed E-state index contributed by atoms with van der Waals surface area (Å²) < 4.78 is 43.7. The Morgan fingerprint density at radius 2 is 1.61 bits per heavy atom. The van der Waals surface area contributed by atoms with E-state index in [4.69, 9.17) is 14.5 Å². The summed E-state index contributed by atoms with van der Waals surface area (Å²) >= 11 is 0. The Balaban J connectivity index is 1.30. The van der Waals surface area contributed by atoms with Crippen molar-refractivity contribution in [1.29, 1.82) is 0 Å². The number of anilines is 2.